The molecule has 12 heteroatoms. The number of nitro benzene ring substituents is 1. The van der Waals surface area contributed by atoms with Gasteiger partial charge in [0.25, 0.3) is 11.9 Å². The minimum absolute atomic E-state index is 0. The quantitative estimate of drug-likeness (QED) is 0.221. The molecule has 0 aromatic heterocycles. The lowest BCUT2D eigenvalue weighted by atomic mass is 9.73. The summed E-state index contributed by atoms with van der Waals surface area (Å²) < 4.78 is 5.57. The van der Waals surface area contributed by atoms with Crippen LogP contribution in [0, 0.1) is 15.5 Å². The first kappa shape index (κ1) is 29.6. The number of ether oxygens (including phenoxy) is 1. The number of benzene rings is 2. The van der Waals surface area contributed by atoms with Crippen molar-refractivity contribution in [2.45, 2.75) is 45.4 Å². The summed E-state index contributed by atoms with van der Waals surface area (Å²) in [5, 5.41) is 38.7. The molecule has 0 amide bonds. The molecule has 0 saturated carbocycles. The Labute approximate surface area is 231 Å². The number of carboxylic acids is 1. The minimum Gasteiger partial charge on any atom is -0.477 e. The van der Waals surface area contributed by atoms with Crippen LogP contribution in [0.5, 0.6) is 5.75 Å². The first-order valence-electron chi connectivity index (χ1n) is 11.0. The van der Waals surface area contributed by atoms with Crippen molar-refractivity contribution in [3.05, 3.63) is 69.2 Å². The predicted octanol–water partition coefficient (Wildman–Crippen LogP) is 4.58. The van der Waals surface area contributed by atoms with Gasteiger partial charge in [0.2, 0.25) is 0 Å². The molecule has 0 bridgehead atoms. The Morgan fingerprint density at radius 3 is 2.33 bits per heavy atom. The van der Waals surface area contributed by atoms with Crippen LogP contribution in [-0.2, 0) is 11.2 Å². The lowest BCUT2D eigenvalue weighted by Crippen LogP contribution is -2.52. The molecule has 196 valence electrons. The molecule has 2 unspecified atom stereocenters. The average molecular weight is 633 g/mol. The Kier molecular flexibility index (Phi) is 9.92. The number of nitro groups is 1. The average Bonchev–Trinajstić information content (AvgIpc) is 3.24. The van der Waals surface area contributed by atoms with E-state index in [1.54, 1.807) is 5.01 Å². The molecule has 3 rings (SSSR count). The summed E-state index contributed by atoms with van der Waals surface area (Å²) in [4.78, 5) is 23.5. The highest BCUT2D eigenvalue weighted by molar-refractivity contribution is 14.0. The van der Waals surface area contributed by atoms with E-state index in [1.165, 1.54) is 35.5 Å². The second-order valence-corrected chi connectivity index (χ2v) is 9.96. The number of aliphatic carboxylic acids is 1. The summed E-state index contributed by atoms with van der Waals surface area (Å²) in [6.07, 6.45) is 1.05. The number of hydrogen-bond donors (Lipinski definition) is 2. The largest absolute Gasteiger partial charge is 0.477 e. The van der Waals surface area contributed by atoms with Gasteiger partial charge in [-0.2, -0.15) is 5.10 Å². The van der Waals surface area contributed by atoms with E-state index in [4.69, 9.17) is 16.3 Å². The molecular formula is C24H30ClIN4O6. The lowest BCUT2D eigenvalue weighted by Gasteiger charge is -2.42. The summed E-state index contributed by atoms with van der Waals surface area (Å²) in [6.45, 7) is 6.11. The molecule has 2 aromatic rings. The molecule has 10 nitrogen and oxygen atoms in total. The highest BCUT2D eigenvalue weighted by Crippen LogP contribution is 2.36. The topological polar surface area (TPSA) is 129 Å². The standard InChI is InChI=1S/C24H29ClN4O6.HI/c1-23(2,3)24(32,13-12-17-4-6-18(25)7-5-17)14-28-16-27(15-26-28)21(22(30)31)35-20-10-8-19(9-11-20)29(33)34;/h4-11,15,21,32H,12-14,16H2,1-3H3,(H,30,31);1H. The maximum absolute atomic E-state index is 11.9. The van der Waals surface area contributed by atoms with Crippen molar-refractivity contribution >= 4 is 53.6 Å². The zero-order valence-corrected chi connectivity index (χ0v) is 23.3. The molecule has 36 heavy (non-hydrogen) atoms. The van der Waals surface area contributed by atoms with E-state index >= 15 is 0 Å². The smallest absolute Gasteiger partial charge is 0.366 e. The molecule has 1 aliphatic rings. The van der Waals surface area contributed by atoms with Crippen molar-refractivity contribution < 1.29 is 24.7 Å². The molecular weight excluding hydrogens is 603 g/mol. The van der Waals surface area contributed by atoms with E-state index in [2.05, 4.69) is 5.10 Å². The Bertz CT molecular complexity index is 1080. The van der Waals surface area contributed by atoms with Crippen molar-refractivity contribution in [3.8, 4) is 5.75 Å². The summed E-state index contributed by atoms with van der Waals surface area (Å²) >= 11 is 5.96. The highest BCUT2D eigenvalue weighted by Gasteiger charge is 2.42. The van der Waals surface area contributed by atoms with Gasteiger partial charge in [-0.05, 0) is 48.1 Å². The summed E-state index contributed by atoms with van der Waals surface area (Å²) in [6, 6.07) is 12.6. The van der Waals surface area contributed by atoms with Gasteiger partial charge in [0.05, 0.1) is 17.1 Å². The minimum atomic E-state index is -1.40. The van der Waals surface area contributed by atoms with Gasteiger partial charge in [-0.3, -0.25) is 20.0 Å². The molecule has 0 saturated heterocycles. The van der Waals surface area contributed by atoms with Crippen LogP contribution in [0.2, 0.25) is 5.02 Å². The molecule has 2 aromatic carbocycles. The molecule has 2 N–H and O–H groups in total. The number of aliphatic hydroxyl groups is 1. The zero-order chi connectivity index (χ0) is 25.8. The second kappa shape index (κ2) is 12.1. The van der Waals surface area contributed by atoms with E-state index < -0.39 is 28.1 Å². The van der Waals surface area contributed by atoms with Gasteiger partial charge in [-0.1, -0.05) is 44.5 Å². The van der Waals surface area contributed by atoms with Gasteiger partial charge in [-0.15, -0.1) is 24.0 Å². The van der Waals surface area contributed by atoms with Crippen LogP contribution in [0.4, 0.5) is 5.69 Å². The summed E-state index contributed by atoms with van der Waals surface area (Å²) in [5.41, 5.74) is -0.689. The Morgan fingerprint density at radius 1 is 1.19 bits per heavy atom. The number of aryl methyl sites for hydroxylation is 1. The molecule has 0 fully saturated rings. The number of carbonyl (C=O) groups is 1. The number of halogens is 2. The van der Waals surface area contributed by atoms with E-state index in [0.29, 0.717) is 17.9 Å². The van der Waals surface area contributed by atoms with E-state index in [9.17, 15) is 25.1 Å². The van der Waals surface area contributed by atoms with Crippen LogP contribution in [0.1, 0.15) is 32.8 Å². The molecule has 0 aliphatic carbocycles. The Hall–Kier alpha value is -2.64. The Morgan fingerprint density at radius 2 is 1.81 bits per heavy atom. The van der Waals surface area contributed by atoms with Crippen LogP contribution < -0.4 is 4.74 Å². The van der Waals surface area contributed by atoms with Gasteiger partial charge in [0, 0.05) is 17.2 Å². The van der Waals surface area contributed by atoms with Crippen LogP contribution in [0.15, 0.2) is 53.6 Å². The van der Waals surface area contributed by atoms with Crippen molar-refractivity contribution in [3.63, 3.8) is 0 Å². The maximum atomic E-state index is 11.9. The third-order valence-corrected chi connectivity index (χ3v) is 6.33. The van der Waals surface area contributed by atoms with Crippen molar-refractivity contribution in [2.75, 3.05) is 13.2 Å². The van der Waals surface area contributed by atoms with Crippen molar-refractivity contribution in [1.29, 1.82) is 0 Å². The Balaban J connectivity index is 0.00000456. The number of non-ortho nitro benzene ring substituents is 1. The summed E-state index contributed by atoms with van der Waals surface area (Å²) in [5.74, 6) is -1.07. The van der Waals surface area contributed by atoms with Gasteiger partial charge in [0.15, 0.2) is 0 Å². The van der Waals surface area contributed by atoms with Crippen LogP contribution in [0.25, 0.3) is 0 Å². The third kappa shape index (κ3) is 7.43. The molecule has 1 heterocycles. The van der Waals surface area contributed by atoms with Gasteiger partial charge in [-0.25, -0.2) is 4.79 Å². The number of hydrazone groups is 1. The summed E-state index contributed by atoms with van der Waals surface area (Å²) in [7, 11) is 0. The second-order valence-electron chi connectivity index (χ2n) is 9.52. The number of nitrogens with zero attached hydrogens (tertiary/aromatic N) is 4. The number of hydrogen-bond acceptors (Lipinski definition) is 8. The molecule has 2 atom stereocenters. The molecule has 0 radical (unpaired) electrons. The van der Waals surface area contributed by atoms with E-state index in [1.807, 2.05) is 45.0 Å². The van der Waals surface area contributed by atoms with Gasteiger partial charge >= 0.3 is 5.97 Å². The van der Waals surface area contributed by atoms with Crippen LogP contribution in [-0.4, -0.2) is 62.4 Å². The van der Waals surface area contributed by atoms with Crippen LogP contribution in [0.3, 0.4) is 0 Å². The molecule has 0 spiro atoms. The zero-order valence-electron chi connectivity index (χ0n) is 20.2. The fourth-order valence-corrected chi connectivity index (χ4v) is 3.78. The normalized spacial score (nSPS) is 15.7. The lowest BCUT2D eigenvalue weighted by molar-refractivity contribution is -0.384. The SMILES string of the molecule is CC(C)(C)C(O)(CCc1ccc(Cl)cc1)CN1CN(C(Oc2ccc([N+](=O)[O-])cc2)C(=O)O)C=N1.I. The maximum Gasteiger partial charge on any atom is 0.366 e. The van der Waals surface area contributed by atoms with Gasteiger partial charge in [0.1, 0.15) is 18.8 Å². The fourth-order valence-electron chi connectivity index (χ4n) is 3.66. The fraction of sp³-hybridized carbons (Fsp3) is 0.417. The van der Waals surface area contributed by atoms with Crippen LogP contribution >= 0.6 is 35.6 Å². The molecule has 1 aliphatic heterocycles. The van der Waals surface area contributed by atoms with E-state index in [-0.39, 0.29) is 48.6 Å². The predicted molar refractivity (Wildman–Crippen MR) is 147 cm³/mol. The third-order valence-electron chi connectivity index (χ3n) is 6.08. The van der Waals surface area contributed by atoms with Gasteiger partial charge < -0.3 is 14.9 Å². The van der Waals surface area contributed by atoms with E-state index in [0.717, 1.165) is 5.56 Å². The van der Waals surface area contributed by atoms with Crippen molar-refractivity contribution in [2.24, 2.45) is 10.5 Å². The first-order valence-corrected chi connectivity index (χ1v) is 11.4. The highest BCUT2D eigenvalue weighted by atomic mass is 127. The monoisotopic (exact) mass is 632 g/mol. The number of rotatable bonds is 10. The van der Waals surface area contributed by atoms with Crippen molar-refractivity contribution in [1.82, 2.24) is 9.91 Å². The first-order chi connectivity index (χ1) is 16.4. The number of β-amino-alcohol motifs (C(OH)–C–C–N with tert-alkyl or cyclic N) is 1. The number of carboxylic acid groups (broad SMARTS) is 1.